The van der Waals surface area contributed by atoms with Crippen LogP contribution in [0.3, 0.4) is 0 Å². The van der Waals surface area contributed by atoms with Gasteiger partial charge in [-0.25, -0.2) is 4.79 Å². The summed E-state index contributed by atoms with van der Waals surface area (Å²) < 4.78 is 0. The van der Waals surface area contributed by atoms with Gasteiger partial charge in [-0.1, -0.05) is 0 Å². The maximum Gasteiger partial charge on any atom is 0.339 e. The Labute approximate surface area is 109 Å². The highest BCUT2D eigenvalue weighted by Gasteiger charge is 2.09. The smallest absolute Gasteiger partial charge is 0.339 e. The minimum Gasteiger partial charge on any atom is -0.478 e. The predicted octanol–water partition coefficient (Wildman–Crippen LogP) is 3.25. The Morgan fingerprint density at radius 3 is 2.61 bits per heavy atom. The number of nitrogens with one attached hydrogen (secondary N) is 1. The van der Waals surface area contributed by atoms with Gasteiger partial charge in [0.15, 0.2) is 0 Å². The molecule has 1 aromatic carbocycles. The van der Waals surface area contributed by atoms with Crippen molar-refractivity contribution in [1.82, 2.24) is 4.98 Å². The van der Waals surface area contributed by atoms with E-state index in [1.807, 2.05) is 30.5 Å². The molecule has 0 spiro atoms. The molecule has 5 heteroatoms. The summed E-state index contributed by atoms with van der Waals surface area (Å²) in [6, 6.07) is 9.44. The summed E-state index contributed by atoms with van der Waals surface area (Å²) in [7, 11) is 0. The zero-order chi connectivity index (χ0) is 13.0. The Morgan fingerprint density at radius 1 is 1.28 bits per heavy atom. The number of anilines is 2. The number of aromatic carboxylic acids is 1. The molecule has 0 aliphatic heterocycles. The summed E-state index contributed by atoms with van der Waals surface area (Å²) in [4.78, 5) is 16.0. The summed E-state index contributed by atoms with van der Waals surface area (Å²) in [5, 5.41) is 12.1. The standard InChI is InChI=1S/C13H12N2O2S/c1-18-10-4-2-9(3-5-10)15-12-6-7-14-8-11(12)13(16)17/h2-8H,1H3,(H,14,15)(H,16,17). The molecule has 0 fully saturated rings. The molecule has 0 aliphatic rings. The van der Waals surface area contributed by atoms with Crippen molar-refractivity contribution in [3.05, 3.63) is 48.3 Å². The molecular formula is C13H12N2O2S. The molecule has 0 bridgehead atoms. The molecular weight excluding hydrogens is 248 g/mol. The molecule has 18 heavy (non-hydrogen) atoms. The van der Waals surface area contributed by atoms with E-state index in [1.165, 1.54) is 6.20 Å². The van der Waals surface area contributed by atoms with Crippen LogP contribution < -0.4 is 5.32 Å². The van der Waals surface area contributed by atoms with Gasteiger partial charge in [-0.2, -0.15) is 0 Å². The van der Waals surface area contributed by atoms with Crippen LogP contribution in [0.5, 0.6) is 0 Å². The first-order valence-corrected chi connectivity index (χ1v) is 6.51. The number of pyridine rings is 1. The van der Waals surface area contributed by atoms with Gasteiger partial charge < -0.3 is 10.4 Å². The van der Waals surface area contributed by atoms with Crippen molar-refractivity contribution >= 4 is 29.1 Å². The van der Waals surface area contributed by atoms with Gasteiger partial charge in [-0.3, -0.25) is 4.98 Å². The Hall–Kier alpha value is -2.01. The predicted molar refractivity (Wildman–Crippen MR) is 72.7 cm³/mol. The van der Waals surface area contributed by atoms with Crippen molar-refractivity contribution in [2.45, 2.75) is 4.90 Å². The molecule has 0 aliphatic carbocycles. The third-order valence-corrected chi connectivity index (χ3v) is 3.16. The largest absolute Gasteiger partial charge is 0.478 e. The second-order valence-electron chi connectivity index (χ2n) is 3.58. The number of hydrogen-bond donors (Lipinski definition) is 2. The Morgan fingerprint density at radius 2 is 2.00 bits per heavy atom. The highest BCUT2D eigenvalue weighted by atomic mass is 32.2. The minimum absolute atomic E-state index is 0.159. The van der Waals surface area contributed by atoms with E-state index in [-0.39, 0.29) is 5.56 Å². The SMILES string of the molecule is CSc1ccc(Nc2ccncc2C(=O)O)cc1. The van der Waals surface area contributed by atoms with Gasteiger partial charge in [-0.05, 0) is 36.6 Å². The number of rotatable bonds is 4. The van der Waals surface area contributed by atoms with Crippen LogP contribution in [0.2, 0.25) is 0 Å². The van der Waals surface area contributed by atoms with Crippen molar-refractivity contribution in [3.8, 4) is 0 Å². The lowest BCUT2D eigenvalue weighted by Crippen LogP contribution is -2.03. The second-order valence-corrected chi connectivity index (χ2v) is 4.46. The van der Waals surface area contributed by atoms with Crippen LogP contribution in [-0.4, -0.2) is 22.3 Å². The number of aromatic nitrogens is 1. The maximum absolute atomic E-state index is 11.0. The molecule has 0 unspecified atom stereocenters. The highest BCUT2D eigenvalue weighted by Crippen LogP contribution is 2.22. The zero-order valence-electron chi connectivity index (χ0n) is 9.75. The molecule has 4 nitrogen and oxygen atoms in total. The lowest BCUT2D eigenvalue weighted by atomic mass is 10.2. The van der Waals surface area contributed by atoms with Crippen LogP contribution in [0.1, 0.15) is 10.4 Å². The van der Waals surface area contributed by atoms with Gasteiger partial charge in [0.25, 0.3) is 0 Å². The van der Waals surface area contributed by atoms with Crippen LogP contribution in [0.15, 0.2) is 47.6 Å². The summed E-state index contributed by atoms with van der Waals surface area (Å²) in [5.41, 5.74) is 1.54. The third kappa shape index (κ3) is 2.81. The molecule has 1 heterocycles. The van der Waals surface area contributed by atoms with Crippen molar-refractivity contribution in [2.75, 3.05) is 11.6 Å². The average molecular weight is 260 g/mol. The van der Waals surface area contributed by atoms with Gasteiger partial charge in [0, 0.05) is 23.0 Å². The molecule has 92 valence electrons. The van der Waals surface area contributed by atoms with E-state index in [9.17, 15) is 4.79 Å². The number of hydrogen-bond acceptors (Lipinski definition) is 4. The molecule has 1 aromatic heterocycles. The first-order valence-electron chi connectivity index (χ1n) is 5.29. The van der Waals surface area contributed by atoms with Gasteiger partial charge >= 0.3 is 5.97 Å². The van der Waals surface area contributed by atoms with E-state index >= 15 is 0 Å². The normalized spacial score (nSPS) is 10.1. The van der Waals surface area contributed by atoms with Crippen LogP contribution in [-0.2, 0) is 0 Å². The van der Waals surface area contributed by atoms with Crippen molar-refractivity contribution in [3.63, 3.8) is 0 Å². The highest BCUT2D eigenvalue weighted by molar-refractivity contribution is 7.98. The summed E-state index contributed by atoms with van der Waals surface area (Å²) in [6.07, 6.45) is 4.90. The lowest BCUT2D eigenvalue weighted by molar-refractivity contribution is 0.0697. The average Bonchev–Trinajstić information content (AvgIpc) is 2.40. The molecule has 0 amide bonds. The van der Waals surface area contributed by atoms with E-state index in [0.29, 0.717) is 5.69 Å². The maximum atomic E-state index is 11.0. The van der Waals surface area contributed by atoms with Crippen LogP contribution >= 0.6 is 11.8 Å². The van der Waals surface area contributed by atoms with E-state index in [0.717, 1.165) is 10.6 Å². The van der Waals surface area contributed by atoms with Gasteiger partial charge in [0.05, 0.1) is 5.69 Å². The minimum atomic E-state index is -0.994. The van der Waals surface area contributed by atoms with Crippen LogP contribution in [0.4, 0.5) is 11.4 Å². The fraction of sp³-hybridized carbons (Fsp3) is 0.0769. The molecule has 0 atom stereocenters. The van der Waals surface area contributed by atoms with Crippen LogP contribution in [0, 0.1) is 0 Å². The number of nitrogens with zero attached hydrogens (tertiary/aromatic N) is 1. The van der Waals surface area contributed by atoms with E-state index < -0.39 is 5.97 Å². The van der Waals surface area contributed by atoms with E-state index in [1.54, 1.807) is 24.0 Å². The fourth-order valence-corrected chi connectivity index (χ4v) is 1.91. The number of carboxylic acids is 1. The van der Waals surface area contributed by atoms with Gasteiger partial charge in [0.1, 0.15) is 5.56 Å². The molecule has 2 N–H and O–H groups in total. The van der Waals surface area contributed by atoms with Gasteiger partial charge in [-0.15, -0.1) is 11.8 Å². The van der Waals surface area contributed by atoms with Crippen molar-refractivity contribution < 1.29 is 9.90 Å². The van der Waals surface area contributed by atoms with Crippen molar-refractivity contribution in [1.29, 1.82) is 0 Å². The Balaban J connectivity index is 2.25. The van der Waals surface area contributed by atoms with Crippen LogP contribution in [0.25, 0.3) is 0 Å². The van der Waals surface area contributed by atoms with E-state index in [4.69, 9.17) is 5.11 Å². The summed E-state index contributed by atoms with van der Waals surface area (Å²) in [5.74, 6) is -0.994. The number of carboxylic acid groups (broad SMARTS) is 1. The number of carbonyl (C=O) groups is 1. The molecule has 2 aromatic rings. The van der Waals surface area contributed by atoms with Crippen molar-refractivity contribution in [2.24, 2.45) is 0 Å². The number of benzene rings is 1. The first-order chi connectivity index (χ1) is 8.70. The van der Waals surface area contributed by atoms with E-state index in [2.05, 4.69) is 10.3 Å². The Kier molecular flexibility index (Phi) is 3.84. The molecule has 0 saturated heterocycles. The molecule has 0 radical (unpaired) electrons. The monoisotopic (exact) mass is 260 g/mol. The summed E-state index contributed by atoms with van der Waals surface area (Å²) >= 11 is 1.66. The second kappa shape index (κ2) is 5.55. The quantitative estimate of drug-likeness (QED) is 0.826. The fourth-order valence-electron chi connectivity index (χ4n) is 1.50. The topological polar surface area (TPSA) is 62.2 Å². The molecule has 0 saturated carbocycles. The summed E-state index contributed by atoms with van der Waals surface area (Å²) in [6.45, 7) is 0. The zero-order valence-corrected chi connectivity index (χ0v) is 10.6. The van der Waals surface area contributed by atoms with Gasteiger partial charge in [0.2, 0.25) is 0 Å². The Bertz CT molecular complexity index is 555. The molecule has 2 rings (SSSR count). The third-order valence-electron chi connectivity index (χ3n) is 2.42. The first kappa shape index (κ1) is 12.4. The number of thioether (sulfide) groups is 1. The lowest BCUT2D eigenvalue weighted by Gasteiger charge is -2.09.